The van der Waals surface area contributed by atoms with Gasteiger partial charge in [0.25, 0.3) is 0 Å². The van der Waals surface area contributed by atoms with Crippen molar-refractivity contribution in [2.75, 3.05) is 0 Å². The molecule has 106 valence electrons. The molecular formula is C15H14BrF2NO. The zero-order valence-electron chi connectivity index (χ0n) is 10.9. The van der Waals surface area contributed by atoms with Crippen LogP contribution in [0.25, 0.3) is 0 Å². The average molecular weight is 342 g/mol. The largest absolute Gasteiger partial charge is 0.383 e. The molecule has 0 saturated heterocycles. The molecule has 20 heavy (non-hydrogen) atoms. The van der Waals surface area contributed by atoms with Gasteiger partial charge in [-0.2, -0.15) is 0 Å². The van der Waals surface area contributed by atoms with E-state index in [-0.39, 0.29) is 12.2 Å². The van der Waals surface area contributed by atoms with Crippen molar-refractivity contribution in [2.24, 2.45) is 0 Å². The Hall–Kier alpha value is -1.33. The Morgan fingerprint density at radius 2 is 2.00 bits per heavy atom. The van der Waals surface area contributed by atoms with Crippen molar-refractivity contribution in [3.05, 3.63) is 63.9 Å². The summed E-state index contributed by atoms with van der Waals surface area (Å²) in [6.45, 7) is 1.82. The summed E-state index contributed by atoms with van der Waals surface area (Å²) in [4.78, 5) is 3.95. The maximum absolute atomic E-state index is 13.2. The van der Waals surface area contributed by atoms with Crippen LogP contribution >= 0.6 is 15.9 Å². The molecular weight excluding hydrogens is 328 g/mol. The fraction of sp³-hybridized carbons (Fsp3) is 0.267. The van der Waals surface area contributed by atoms with Crippen LogP contribution in [0.5, 0.6) is 0 Å². The summed E-state index contributed by atoms with van der Waals surface area (Å²) < 4.78 is 26.5. The lowest BCUT2D eigenvalue weighted by atomic mass is 9.88. The van der Waals surface area contributed by atoms with Crippen molar-refractivity contribution in [1.29, 1.82) is 0 Å². The van der Waals surface area contributed by atoms with Crippen molar-refractivity contribution in [1.82, 2.24) is 4.98 Å². The van der Waals surface area contributed by atoms with Crippen molar-refractivity contribution in [3.63, 3.8) is 0 Å². The van der Waals surface area contributed by atoms with Crippen LogP contribution in [0.3, 0.4) is 0 Å². The molecule has 0 aliphatic rings. The van der Waals surface area contributed by atoms with Crippen LogP contribution in [-0.4, -0.2) is 10.1 Å². The lowest BCUT2D eigenvalue weighted by Crippen LogP contribution is -2.29. The average Bonchev–Trinajstić information content (AvgIpc) is 2.43. The lowest BCUT2D eigenvalue weighted by Gasteiger charge is -2.26. The first-order valence-electron chi connectivity index (χ1n) is 6.23. The number of hydrogen-bond donors (Lipinski definition) is 1. The molecule has 5 heteroatoms. The second-order valence-corrected chi connectivity index (χ2v) is 5.53. The SMILES string of the molecule is CCC(O)(Cc1ccc(F)c(Br)c1)c1ccc(F)cn1. The molecule has 0 spiro atoms. The third-order valence-electron chi connectivity index (χ3n) is 3.27. The second-order valence-electron chi connectivity index (χ2n) is 4.67. The van der Waals surface area contributed by atoms with Crippen LogP contribution in [0.15, 0.2) is 41.0 Å². The summed E-state index contributed by atoms with van der Waals surface area (Å²) in [7, 11) is 0. The van der Waals surface area contributed by atoms with E-state index >= 15 is 0 Å². The number of hydrogen-bond acceptors (Lipinski definition) is 2. The van der Waals surface area contributed by atoms with Gasteiger partial charge in [0.2, 0.25) is 0 Å². The van der Waals surface area contributed by atoms with Gasteiger partial charge in [0.05, 0.1) is 16.4 Å². The standard InChI is InChI=1S/C15H14BrF2NO/c1-2-15(20,14-6-4-11(17)9-19-14)8-10-3-5-13(18)12(16)7-10/h3-7,9,20H,2,8H2,1H3. The van der Waals surface area contributed by atoms with Crippen LogP contribution in [0, 0.1) is 11.6 Å². The molecule has 1 aromatic carbocycles. The molecule has 1 heterocycles. The van der Waals surface area contributed by atoms with Gasteiger partial charge in [-0.1, -0.05) is 13.0 Å². The number of nitrogens with zero attached hydrogens (tertiary/aromatic N) is 1. The maximum atomic E-state index is 13.2. The molecule has 2 rings (SSSR count). The van der Waals surface area contributed by atoms with Gasteiger partial charge in [-0.25, -0.2) is 8.78 Å². The first kappa shape index (κ1) is 15.1. The summed E-state index contributed by atoms with van der Waals surface area (Å²) in [6.07, 6.45) is 1.78. The highest BCUT2D eigenvalue weighted by atomic mass is 79.9. The number of benzene rings is 1. The Kier molecular flexibility index (Phi) is 4.50. The molecule has 1 unspecified atom stereocenters. The van der Waals surface area contributed by atoms with Crippen LogP contribution in [-0.2, 0) is 12.0 Å². The number of halogens is 3. The van der Waals surface area contributed by atoms with E-state index in [0.717, 1.165) is 11.8 Å². The highest BCUT2D eigenvalue weighted by molar-refractivity contribution is 9.10. The molecule has 0 fully saturated rings. The minimum Gasteiger partial charge on any atom is -0.383 e. The van der Waals surface area contributed by atoms with Crippen molar-refractivity contribution in [3.8, 4) is 0 Å². The number of aromatic nitrogens is 1. The maximum Gasteiger partial charge on any atom is 0.141 e. The fourth-order valence-corrected chi connectivity index (χ4v) is 2.46. The van der Waals surface area contributed by atoms with E-state index in [1.165, 1.54) is 18.2 Å². The molecule has 0 aliphatic carbocycles. The summed E-state index contributed by atoms with van der Waals surface area (Å²) in [5, 5.41) is 10.7. The van der Waals surface area contributed by atoms with Crippen molar-refractivity contribution in [2.45, 2.75) is 25.4 Å². The summed E-state index contributed by atoms with van der Waals surface area (Å²) >= 11 is 3.12. The zero-order chi connectivity index (χ0) is 14.8. The van der Waals surface area contributed by atoms with Gasteiger partial charge in [-0.05, 0) is 52.2 Å². The molecule has 0 aliphatic heterocycles. The monoisotopic (exact) mass is 341 g/mol. The Bertz CT molecular complexity index is 603. The lowest BCUT2D eigenvalue weighted by molar-refractivity contribution is 0.0282. The van der Waals surface area contributed by atoms with Gasteiger partial charge in [0.15, 0.2) is 0 Å². The minimum atomic E-state index is -1.20. The van der Waals surface area contributed by atoms with Gasteiger partial charge in [0, 0.05) is 6.42 Å². The third-order valence-corrected chi connectivity index (χ3v) is 3.88. The Morgan fingerprint density at radius 1 is 1.25 bits per heavy atom. The zero-order valence-corrected chi connectivity index (χ0v) is 12.5. The molecule has 1 aromatic heterocycles. The molecule has 0 bridgehead atoms. The van der Waals surface area contributed by atoms with Crippen molar-refractivity contribution < 1.29 is 13.9 Å². The van der Waals surface area contributed by atoms with Gasteiger partial charge in [-0.3, -0.25) is 4.98 Å². The molecule has 2 aromatic rings. The first-order valence-corrected chi connectivity index (χ1v) is 7.02. The van der Waals surface area contributed by atoms with Gasteiger partial charge < -0.3 is 5.11 Å². The number of aliphatic hydroxyl groups is 1. The van der Waals surface area contributed by atoms with E-state index in [0.29, 0.717) is 16.6 Å². The molecule has 2 nitrogen and oxygen atoms in total. The quantitative estimate of drug-likeness (QED) is 0.912. The van der Waals surface area contributed by atoms with Crippen molar-refractivity contribution >= 4 is 15.9 Å². The second kappa shape index (κ2) is 5.97. The molecule has 0 radical (unpaired) electrons. The third kappa shape index (κ3) is 3.22. The van der Waals surface area contributed by atoms with E-state index in [9.17, 15) is 13.9 Å². The normalized spacial score (nSPS) is 14.1. The Balaban J connectivity index is 2.31. The number of rotatable bonds is 4. The highest BCUT2D eigenvalue weighted by Crippen LogP contribution is 2.29. The molecule has 0 amide bonds. The summed E-state index contributed by atoms with van der Waals surface area (Å²) in [6, 6.07) is 7.32. The van der Waals surface area contributed by atoms with Gasteiger partial charge >= 0.3 is 0 Å². The van der Waals surface area contributed by atoms with E-state index in [1.807, 2.05) is 6.92 Å². The predicted molar refractivity (Wildman–Crippen MR) is 76.2 cm³/mol. The van der Waals surface area contributed by atoms with Crippen LogP contribution in [0.4, 0.5) is 8.78 Å². The van der Waals surface area contributed by atoms with E-state index in [1.54, 1.807) is 12.1 Å². The minimum absolute atomic E-state index is 0.279. The smallest absolute Gasteiger partial charge is 0.141 e. The summed E-state index contributed by atoms with van der Waals surface area (Å²) in [5.41, 5.74) is -0.0269. The molecule has 0 saturated carbocycles. The van der Waals surface area contributed by atoms with E-state index in [2.05, 4.69) is 20.9 Å². The Morgan fingerprint density at radius 3 is 2.55 bits per heavy atom. The first-order chi connectivity index (χ1) is 9.44. The topological polar surface area (TPSA) is 33.1 Å². The Labute approximate surface area is 124 Å². The van der Waals surface area contributed by atoms with E-state index < -0.39 is 11.4 Å². The van der Waals surface area contributed by atoms with Crippen LogP contribution in [0.1, 0.15) is 24.6 Å². The number of pyridine rings is 1. The van der Waals surface area contributed by atoms with Crippen LogP contribution in [0.2, 0.25) is 0 Å². The van der Waals surface area contributed by atoms with E-state index in [4.69, 9.17) is 0 Å². The molecule has 1 atom stereocenters. The van der Waals surface area contributed by atoms with Crippen LogP contribution < -0.4 is 0 Å². The fourth-order valence-electron chi connectivity index (χ4n) is 2.04. The summed E-state index contributed by atoms with van der Waals surface area (Å²) in [5.74, 6) is -0.801. The predicted octanol–water partition coefficient (Wildman–Crippen LogP) is 3.96. The highest BCUT2D eigenvalue weighted by Gasteiger charge is 2.29. The molecule has 1 N–H and O–H groups in total. The van der Waals surface area contributed by atoms with Gasteiger partial charge in [-0.15, -0.1) is 0 Å². The van der Waals surface area contributed by atoms with Gasteiger partial charge in [0.1, 0.15) is 17.2 Å².